The van der Waals surface area contributed by atoms with E-state index in [1.54, 1.807) is 0 Å². The minimum absolute atomic E-state index is 0.800. The maximum absolute atomic E-state index is 2.63. The van der Waals surface area contributed by atoms with Crippen LogP contribution in [0.5, 0.6) is 0 Å². The Balaban J connectivity index is 1.92. The molecule has 1 saturated heterocycles. The predicted molar refractivity (Wildman–Crippen MR) is 47.6 cm³/mol. The van der Waals surface area contributed by atoms with Crippen LogP contribution in [0.1, 0.15) is 39.0 Å². The van der Waals surface area contributed by atoms with E-state index in [4.69, 9.17) is 0 Å². The maximum Gasteiger partial charge on any atom is 0.00379 e. The quantitative estimate of drug-likeness (QED) is 0.558. The fourth-order valence-electron chi connectivity index (χ4n) is 2.66. The van der Waals surface area contributed by atoms with Gasteiger partial charge in [-0.2, -0.15) is 0 Å². The number of likely N-dealkylation sites (tertiary alicyclic amines) is 1. The molecule has 1 aliphatic carbocycles. The summed E-state index contributed by atoms with van der Waals surface area (Å²) in [7, 11) is 0. The molecular weight excluding hydrogens is 134 g/mol. The number of rotatable bonds is 1. The van der Waals surface area contributed by atoms with Gasteiger partial charge in [-0.3, -0.25) is 0 Å². The van der Waals surface area contributed by atoms with Crippen molar-refractivity contribution >= 4 is 0 Å². The van der Waals surface area contributed by atoms with Gasteiger partial charge in [0.2, 0.25) is 0 Å². The molecule has 0 unspecified atom stereocenters. The van der Waals surface area contributed by atoms with E-state index in [0.717, 1.165) is 5.41 Å². The normalized spacial score (nSPS) is 30.3. The van der Waals surface area contributed by atoms with Crippen molar-refractivity contribution in [1.29, 1.82) is 0 Å². The molecule has 1 heterocycles. The van der Waals surface area contributed by atoms with Crippen LogP contribution in [0.15, 0.2) is 0 Å². The minimum atomic E-state index is 0.800. The number of hydrogen-bond acceptors (Lipinski definition) is 1. The van der Waals surface area contributed by atoms with Crippen molar-refractivity contribution in [2.24, 2.45) is 5.41 Å². The van der Waals surface area contributed by atoms with E-state index in [1.165, 1.54) is 51.7 Å². The molecule has 2 rings (SSSR count). The van der Waals surface area contributed by atoms with Crippen LogP contribution in [0.25, 0.3) is 0 Å². The van der Waals surface area contributed by atoms with Gasteiger partial charge in [0.25, 0.3) is 0 Å². The van der Waals surface area contributed by atoms with Crippen molar-refractivity contribution in [1.82, 2.24) is 4.90 Å². The first kappa shape index (κ1) is 7.60. The Hall–Kier alpha value is -0.0400. The summed E-state index contributed by atoms with van der Waals surface area (Å²) in [4.78, 5) is 2.63. The van der Waals surface area contributed by atoms with E-state index in [0.29, 0.717) is 0 Å². The van der Waals surface area contributed by atoms with Crippen molar-refractivity contribution in [3.8, 4) is 0 Å². The van der Waals surface area contributed by atoms with Gasteiger partial charge in [0.1, 0.15) is 0 Å². The van der Waals surface area contributed by atoms with Crippen LogP contribution in [0.2, 0.25) is 0 Å². The highest BCUT2D eigenvalue weighted by Gasteiger charge is 2.39. The van der Waals surface area contributed by atoms with E-state index < -0.39 is 0 Å². The molecule has 1 nitrogen and oxygen atoms in total. The number of piperidine rings is 1. The first-order valence-corrected chi connectivity index (χ1v) is 5.07. The van der Waals surface area contributed by atoms with Crippen molar-refractivity contribution in [3.63, 3.8) is 0 Å². The van der Waals surface area contributed by atoms with Crippen LogP contribution < -0.4 is 0 Å². The monoisotopic (exact) mass is 153 g/mol. The lowest BCUT2D eigenvalue weighted by Crippen LogP contribution is -2.46. The molecule has 1 aliphatic heterocycles. The average molecular weight is 153 g/mol. The third-order valence-corrected chi connectivity index (χ3v) is 3.60. The van der Waals surface area contributed by atoms with Crippen molar-refractivity contribution in [2.45, 2.75) is 39.0 Å². The molecule has 0 N–H and O–H groups in total. The fourth-order valence-corrected chi connectivity index (χ4v) is 2.66. The van der Waals surface area contributed by atoms with Gasteiger partial charge in [-0.25, -0.2) is 0 Å². The summed E-state index contributed by atoms with van der Waals surface area (Å²) < 4.78 is 0. The van der Waals surface area contributed by atoms with E-state index in [2.05, 4.69) is 11.8 Å². The third-order valence-electron chi connectivity index (χ3n) is 3.60. The second-order valence-electron chi connectivity index (χ2n) is 4.33. The molecule has 0 aromatic rings. The Labute approximate surface area is 69.8 Å². The lowest BCUT2D eigenvalue weighted by atomic mass is 9.64. The summed E-state index contributed by atoms with van der Waals surface area (Å²) in [5.74, 6) is 0. The minimum Gasteiger partial charge on any atom is -0.303 e. The highest BCUT2D eigenvalue weighted by molar-refractivity contribution is 4.92. The zero-order valence-electron chi connectivity index (χ0n) is 7.60. The second kappa shape index (κ2) is 2.78. The van der Waals surface area contributed by atoms with Gasteiger partial charge in [-0.15, -0.1) is 0 Å². The van der Waals surface area contributed by atoms with E-state index in [1.807, 2.05) is 0 Å². The Morgan fingerprint density at radius 3 is 2.45 bits per heavy atom. The van der Waals surface area contributed by atoms with Gasteiger partial charge in [0.15, 0.2) is 0 Å². The smallest absolute Gasteiger partial charge is 0.00379 e. The van der Waals surface area contributed by atoms with Gasteiger partial charge in [-0.1, -0.05) is 13.3 Å². The molecular formula is C10H19N. The number of hydrogen-bond donors (Lipinski definition) is 0. The van der Waals surface area contributed by atoms with Crippen LogP contribution >= 0.6 is 0 Å². The first-order chi connectivity index (χ1) is 5.35. The first-order valence-electron chi connectivity index (χ1n) is 5.07. The van der Waals surface area contributed by atoms with Crippen LogP contribution in [0.4, 0.5) is 0 Å². The van der Waals surface area contributed by atoms with Gasteiger partial charge in [0, 0.05) is 6.54 Å². The van der Waals surface area contributed by atoms with Gasteiger partial charge in [0.05, 0.1) is 0 Å². The zero-order valence-corrected chi connectivity index (χ0v) is 7.60. The lowest BCUT2D eigenvalue weighted by molar-refractivity contribution is 0.0229. The lowest BCUT2D eigenvalue weighted by Gasteiger charge is -2.48. The molecule has 0 aromatic heterocycles. The van der Waals surface area contributed by atoms with Gasteiger partial charge >= 0.3 is 0 Å². The topological polar surface area (TPSA) is 3.24 Å². The molecule has 2 aliphatic rings. The van der Waals surface area contributed by atoms with E-state index in [-0.39, 0.29) is 0 Å². The molecule has 1 heteroatoms. The SMILES string of the molecule is CCN1CCCC2(CCC2)C1. The van der Waals surface area contributed by atoms with Crippen molar-refractivity contribution in [2.75, 3.05) is 19.6 Å². The molecule has 1 saturated carbocycles. The molecule has 2 fully saturated rings. The van der Waals surface area contributed by atoms with Crippen LogP contribution in [0.3, 0.4) is 0 Å². The van der Waals surface area contributed by atoms with Crippen LogP contribution in [-0.4, -0.2) is 24.5 Å². The largest absolute Gasteiger partial charge is 0.303 e. The summed E-state index contributed by atoms with van der Waals surface area (Å²) in [6.45, 7) is 6.32. The molecule has 0 aromatic carbocycles. The standard InChI is InChI=1S/C10H19N/c1-2-11-8-4-7-10(9-11)5-3-6-10/h2-9H2,1H3. The molecule has 0 atom stereocenters. The highest BCUT2D eigenvalue weighted by Crippen LogP contribution is 2.47. The fraction of sp³-hybridized carbons (Fsp3) is 1.00. The summed E-state index contributed by atoms with van der Waals surface area (Å²) in [6.07, 6.45) is 7.50. The Kier molecular flexibility index (Phi) is 1.92. The van der Waals surface area contributed by atoms with Crippen LogP contribution in [-0.2, 0) is 0 Å². The summed E-state index contributed by atoms with van der Waals surface area (Å²) in [6, 6.07) is 0. The van der Waals surface area contributed by atoms with Gasteiger partial charge < -0.3 is 4.90 Å². The summed E-state index contributed by atoms with van der Waals surface area (Å²) >= 11 is 0. The van der Waals surface area contributed by atoms with E-state index in [9.17, 15) is 0 Å². The summed E-state index contributed by atoms with van der Waals surface area (Å²) in [5, 5.41) is 0. The van der Waals surface area contributed by atoms with Gasteiger partial charge in [-0.05, 0) is 44.2 Å². The second-order valence-corrected chi connectivity index (χ2v) is 4.33. The number of nitrogens with zero attached hydrogens (tertiary/aromatic N) is 1. The molecule has 1 spiro atoms. The predicted octanol–water partition coefficient (Wildman–Crippen LogP) is 2.27. The molecule has 11 heavy (non-hydrogen) atoms. The Morgan fingerprint density at radius 1 is 1.18 bits per heavy atom. The Bertz CT molecular complexity index is 138. The van der Waals surface area contributed by atoms with E-state index >= 15 is 0 Å². The summed E-state index contributed by atoms with van der Waals surface area (Å²) in [5.41, 5.74) is 0.800. The Morgan fingerprint density at radius 2 is 1.91 bits per heavy atom. The average Bonchev–Trinajstić information content (AvgIpc) is 2.02. The zero-order chi connectivity index (χ0) is 7.73. The molecule has 64 valence electrons. The molecule has 0 radical (unpaired) electrons. The molecule has 0 bridgehead atoms. The van der Waals surface area contributed by atoms with Crippen molar-refractivity contribution in [3.05, 3.63) is 0 Å². The maximum atomic E-state index is 2.63. The van der Waals surface area contributed by atoms with Crippen LogP contribution in [0, 0.1) is 5.41 Å². The van der Waals surface area contributed by atoms with Crippen molar-refractivity contribution < 1.29 is 0 Å². The highest BCUT2D eigenvalue weighted by atomic mass is 15.1. The third kappa shape index (κ3) is 1.31. The molecule has 0 amide bonds.